The van der Waals surface area contributed by atoms with Gasteiger partial charge in [0.2, 0.25) is 0 Å². The van der Waals surface area contributed by atoms with Gasteiger partial charge in [0.1, 0.15) is 0 Å². The predicted octanol–water partition coefficient (Wildman–Crippen LogP) is 4.94. The second-order valence-electron chi connectivity index (χ2n) is 5.62. The van der Waals surface area contributed by atoms with Gasteiger partial charge < -0.3 is 0 Å². The topological polar surface area (TPSA) is 37.4 Å². The lowest BCUT2D eigenvalue weighted by atomic mass is 9.93. The van der Waals surface area contributed by atoms with Crippen LogP contribution in [0.1, 0.15) is 26.3 Å². The molecule has 0 saturated carbocycles. The van der Waals surface area contributed by atoms with Gasteiger partial charge in [0.25, 0.3) is 11.8 Å². The van der Waals surface area contributed by atoms with Crippen LogP contribution < -0.4 is 0 Å². The van der Waals surface area contributed by atoms with Crippen LogP contribution in [0.4, 0.5) is 0 Å². The third-order valence-electron chi connectivity index (χ3n) is 4.19. The maximum atomic E-state index is 12.9. The Bertz CT molecular complexity index is 942. The van der Waals surface area contributed by atoms with E-state index in [1.165, 1.54) is 4.90 Å². The van der Waals surface area contributed by atoms with Crippen LogP contribution in [-0.4, -0.2) is 16.7 Å². The number of carbonyl (C=O) groups is 2. The number of nitrogens with zero attached hydrogens (tertiary/aromatic N) is 1. The molecule has 0 fully saturated rings. The van der Waals surface area contributed by atoms with Crippen molar-refractivity contribution in [3.05, 3.63) is 81.3 Å². The molecule has 1 aliphatic heterocycles. The van der Waals surface area contributed by atoms with E-state index in [1.54, 1.807) is 24.3 Å². The molecule has 0 aromatic heterocycles. The second-order valence-corrected chi connectivity index (χ2v) is 6.44. The molecule has 3 aromatic carbocycles. The molecule has 0 aliphatic carbocycles. The second kappa shape index (κ2) is 5.62. The standard InChI is InChI=1S/C19H11Cl2NO2/c20-14-8-6-12-16-13(7-9-15(21)17(14)16)19(24)22(18(12)23)10-11-4-2-1-3-5-11/h1-9H,10H2. The average molecular weight is 356 g/mol. The molecule has 118 valence electrons. The molecular formula is C19H11Cl2NO2. The zero-order chi connectivity index (χ0) is 16.8. The molecule has 3 nitrogen and oxygen atoms in total. The van der Waals surface area contributed by atoms with Gasteiger partial charge >= 0.3 is 0 Å². The molecule has 0 spiro atoms. The minimum Gasteiger partial charge on any atom is -0.270 e. The molecule has 0 radical (unpaired) electrons. The van der Waals surface area contributed by atoms with Crippen molar-refractivity contribution >= 4 is 45.8 Å². The fraction of sp³-hybridized carbons (Fsp3) is 0.0526. The summed E-state index contributed by atoms with van der Waals surface area (Å²) in [6, 6.07) is 16.0. The number of halogens is 2. The maximum Gasteiger partial charge on any atom is 0.261 e. The van der Waals surface area contributed by atoms with E-state index in [4.69, 9.17) is 23.2 Å². The Labute approximate surface area is 148 Å². The Morgan fingerprint density at radius 3 is 1.79 bits per heavy atom. The molecule has 0 unspecified atom stereocenters. The highest BCUT2D eigenvalue weighted by Gasteiger charge is 2.33. The summed E-state index contributed by atoms with van der Waals surface area (Å²) in [6.45, 7) is 0.227. The monoisotopic (exact) mass is 355 g/mol. The van der Waals surface area contributed by atoms with Crippen molar-refractivity contribution in [2.45, 2.75) is 6.54 Å². The van der Waals surface area contributed by atoms with Gasteiger partial charge in [-0.05, 0) is 29.8 Å². The fourth-order valence-electron chi connectivity index (χ4n) is 3.06. The van der Waals surface area contributed by atoms with E-state index in [-0.39, 0.29) is 18.4 Å². The first-order valence-electron chi connectivity index (χ1n) is 7.39. The zero-order valence-electron chi connectivity index (χ0n) is 12.4. The smallest absolute Gasteiger partial charge is 0.261 e. The number of hydrogen-bond donors (Lipinski definition) is 0. The third kappa shape index (κ3) is 2.20. The summed E-state index contributed by atoms with van der Waals surface area (Å²) in [5.41, 5.74) is 1.78. The van der Waals surface area contributed by atoms with Crippen LogP contribution in [0, 0.1) is 0 Å². The minimum atomic E-state index is -0.333. The lowest BCUT2D eigenvalue weighted by Gasteiger charge is -2.27. The molecule has 4 rings (SSSR count). The maximum absolute atomic E-state index is 12.9. The van der Waals surface area contributed by atoms with Crippen molar-refractivity contribution in [1.29, 1.82) is 0 Å². The van der Waals surface area contributed by atoms with E-state index in [0.717, 1.165) is 5.56 Å². The first-order valence-corrected chi connectivity index (χ1v) is 8.14. The largest absolute Gasteiger partial charge is 0.270 e. The number of amides is 2. The van der Waals surface area contributed by atoms with Gasteiger partial charge in [-0.3, -0.25) is 14.5 Å². The lowest BCUT2D eigenvalue weighted by Crippen LogP contribution is -2.39. The Morgan fingerprint density at radius 2 is 1.25 bits per heavy atom. The minimum absolute atomic E-state index is 0.227. The van der Waals surface area contributed by atoms with Gasteiger partial charge in [0.05, 0.1) is 6.54 Å². The van der Waals surface area contributed by atoms with E-state index >= 15 is 0 Å². The van der Waals surface area contributed by atoms with E-state index in [2.05, 4.69) is 0 Å². The van der Waals surface area contributed by atoms with Crippen LogP contribution in [0.2, 0.25) is 10.0 Å². The summed E-state index contributed by atoms with van der Waals surface area (Å²) in [5.74, 6) is -0.666. The first-order chi connectivity index (χ1) is 11.6. The fourth-order valence-corrected chi connectivity index (χ4v) is 3.63. The Hall–Kier alpha value is -2.36. The molecule has 1 aliphatic rings. The van der Waals surface area contributed by atoms with Gasteiger partial charge in [0, 0.05) is 31.9 Å². The summed E-state index contributed by atoms with van der Waals surface area (Å²) in [4.78, 5) is 27.0. The van der Waals surface area contributed by atoms with Gasteiger partial charge in [-0.25, -0.2) is 0 Å². The molecule has 0 N–H and O–H groups in total. The van der Waals surface area contributed by atoms with Crippen LogP contribution in [-0.2, 0) is 6.54 Å². The van der Waals surface area contributed by atoms with Crippen molar-refractivity contribution in [2.75, 3.05) is 0 Å². The highest BCUT2D eigenvalue weighted by atomic mass is 35.5. The molecule has 0 bridgehead atoms. The van der Waals surface area contributed by atoms with Crippen molar-refractivity contribution in [2.24, 2.45) is 0 Å². The van der Waals surface area contributed by atoms with E-state index in [1.807, 2.05) is 30.3 Å². The van der Waals surface area contributed by atoms with Gasteiger partial charge in [0.15, 0.2) is 0 Å². The van der Waals surface area contributed by atoms with Gasteiger partial charge in [-0.1, -0.05) is 53.5 Å². The molecule has 2 amide bonds. The lowest BCUT2D eigenvalue weighted by molar-refractivity contribution is 0.0598. The molecular weight excluding hydrogens is 345 g/mol. The summed E-state index contributed by atoms with van der Waals surface area (Å²) in [5, 5.41) is 1.94. The van der Waals surface area contributed by atoms with Crippen molar-refractivity contribution in [1.82, 2.24) is 4.90 Å². The van der Waals surface area contributed by atoms with Gasteiger partial charge in [-0.15, -0.1) is 0 Å². The quantitative estimate of drug-likeness (QED) is 0.610. The molecule has 1 heterocycles. The Balaban J connectivity index is 1.90. The molecule has 24 heavy (non-hydrogen) atoms. The van der Waals surface area contributed by atoms with E-state index in [9.17, 15) is 9.59 Å². The SMILES string of the molecule is O=C1c2ccc(Cl)c3c(Cl)ccc(c23)C(=O)N1Cc1ccccc1. The number of rotatable bonds is 2. The van der Waals surface area contributed by atoms with Crippen molar-refractivity contribution < 1.29 is 9.59 Å². The first kappa shape index (κ1) is 15.2. The van der Waals surface area contributed by atoms with Crippen LogP contribution in [0.15, 0.2) is 54.6 Å². The Kier molecular flexibility index (Phi) is 3.56. The van der Waals surface area contributed by atoms with E-state index in [0.29, 0.717) is 31.9 Å². The number of carbonyl (C=O) groups excluding carboxylic acids is 2. The highest BCUT2D eigenvalue weighted by molar-refractivity contribution is 6.44. The third-order valence-corrected chi connectivity index (χ3v) is 4.82. The van der Waals surface area contributed by atoms with E-state index < -0.39 is 0 Å². The van der Waals surface area contributed by atoms with Crippen LogP contribution in [0.3, 0.4) is 0 Å². The summed E-state index contributed by atoms with van der Waals surface area (Å²) in [7, 11) is 0. The number of hydrogen-bond acceptors (Lipinski definition) is 2. The van der Waals surface area contributed by atoms with Crippen LogP contribution >= 0.6 is 23.2 Å². The number of imide groups is 1. The van der Waals surface area contributed by atoms with Crippen LogP contribution in [0.25, 0.3) is 10.8 Å². The molecule has 0 atom stereocenters. The molecule has 0 saturated heterocycles. The highest BCUT2D eigenvalue weighted by Crippen LogP contribution is 2.38. The zero-order valence-corrected chi connectivity index (χ0v) is 13.9. The molecule has 5 heteroatoms. The van der Waals surface area contributed by atoms with Crippen molar-refractivity contribution in [3.63, 3.8) is 0 Å². The molecule has 3 aromatic rings. The summed E-state index contributed by atoms with van der Waals surface area (Å²) in [6.07, 6.45) is 0. The van der Waals surface area contributed by atoms with Gasteiger partial charge in [-0.2, -0.15) is 0 Å². The normalized spacial score (nSPS) is 13.7. The summed E-state index contributed by atoms with van der Waals surface area (Å²) >= 11 is 12.5. The predicted molar refractivity (Wildman–Crippen MR) is 94.6 cm³/mol. The average Bonchev–Trinajstić information content (AvgIpc) is 2.59. The van der Waals surface area contributed by atoms with Crippen molar-refractivity contribution in [3.8, 4) is 0 Å². The summed E-state index contributed by atoms with van der Waals surface area (Å²) < 4.78 is 0. The number of benzene rings is 3. The Morgan fingerprint density at radius 1 is 0.708 bits per heavy atom. The van der Waals surface area contributed by atoms with Crippen LogP contribution in [0.5, 0.6) is 0 Å².